The zero-order valence-corrected chi connectivity index (χ0v) is 19.3. The molecule has 2 aromatic rings. The minimum atomic E-state index is -4.35. The Morgan fingerprint density at radius 1 is 1.00 bits per heavy atom. The number of carbonyl (C=O) groups excluding carboxylic acids is 1. The first-order valence-corrected chi connectivity index (χ1v) is 11.7. The van der Waals surface area contributed by atoms with Crippen LogP contribution >= 0.6 is 11.9 Å². The molecule has 0 atom stereocenters. The zero-order chi connectivity index (χ0) is 24.6. The Hall–Kier alpha value is -2.92. The van der Waals surface area contributed by atoms with E-state index in [2.05, 4.69) is 14.9 Å². The number of carbonyl (C=O) groups is 2. The van der Waals surface area contributed by atoms with Gasteiger partial charge in [0.2, 0.25) is 0 Å². The standard InChI is InChI=1S/C23H27F3N4O3S/c24-23(25,26)17-4-3-5-19(16-17)29-12-14-30(15-13-29)34-20-9-7-18(8-10-20)28-22(33)27-11-2-1-6-21(31)32/h3-5,7-10,16H,1-2,6,11-15H2,(H,31,32)(H2,27,28,33). The summed E-state index contributed by atoms with van der Waals surface area (Å²) in [5.41, 5.74) is 0.583. The molecule has 1 heterocycles. The molecule has 3 rings (SSSR count). The lowest BCUT2D eigenvalue weighted by Gasteiger charge is -2.35. The number of urea groups is 1. The summed E-state index contributed by atoms with van der Waals surface area (Å²) < 4.78 is 41.1. The minimum absolute atomic E-state index is 0.0860. The van der Waals surface area contributed by atoms with Gasteiger partial charge in [-0.15, -0.1) is 0 Å². The van der Waals surface area contributed by atoms with Crippen LogP contribution in [0.4, 0.5) is 29.3 Å². The van der Waals surface area contributed by atoms with Crippen molar-refractivity contribution in [2.45, 2.75) is 30.3 Å². The zero-order valence-electron chi connectivity index (χ0n) is 18.5. The maximum absolute atomic E-state index is 13.0. The Bertz CT molecular complexity index is 965. The SMILES string of the molecule is O=C(O)CCCCNC(=O)Nc1ccc(SN2CCN(c3cccc(C(F)(F)F)c3)CC2)cc1. The van der Waals surface area contributed by atoms with E-state index in [4.69, 9.17) is 5.11 Å². The van der Waals surface area contributed by atoms with Crippen molar-refractivity contribution >= 4 is 35.3 Å². The van der Waals surface area contributed by atoms with Crippen molar-refractivity contribution in [3.8, 4) is 0 Å². The van der Waals surface area contributed by atoms with Crippen molar-refractivity contribution in [2.24, 2.45) is 0 Å². The van der Waals surface area contributed by atoms with Gasteiger partial charge in [-0.1, -0.05) is 6.07 Å². The molecule has 3 N–H and O–H groups in total. The van der Waals surface area contributed by atoms with Crippen molar-refractivity contribution in [3.63, 3.8) is 0 Å². The summed E-state index contributed by atoms with van der Waals surface area (Å²) in [6.45, 7) is 3.05. The van der Waals surface area contributed by atoms with Gasteiger partial charge in [0.25, 0.3) is 0 Å². The summed E-state index contributed by atoms with van der Waals surface area (Å²) in [6, 6.07) is 12.5. The summed E-state index contributed by atoms with van der Waals surface area (Å²) >= 11 is 1.57. The molecular weight excluding hydrogens is 469 g/mol. The highest BCUT2D eigenvalue weighted by Crippen LogP contribution is 2.32. The number of nitrogens with one attached hydrogen (secondary N) is 2. The second-order valence-corrected chi connectivity index (χ2v) is 8.98. The molecule has 2 amide bonds. The molecule has 0 aliphatic carbocycles. The van der Waals surface area contributed by atoms with Crippen molar-refractivity contribution in [3.05, 3.63) is 54.1 Å². The molecule has 0 saturated carbocycles. The third-order valence-corrected chi connectivity index (χ3v) is 6.33. The summed E-state index contributed by atoms with van der Waals surface area (Å²) in [5, 5.41) is 14.0. The molecule has 1 aliphatic rings. The molecule has 34 heavy (non-hydrogen) atoms. The lowest BCUT2D eigenvalue weighted by Crippen LogP contribution is -2.43. The van der Waals surface area contributed by atoms with Gasteiger partial charge in [-0.25, -0.2) is 9.10 Å². The van der Waals surface area contributed by atoms with E-state index in [1.165, 1.54) is 12.1 Å². The average Bonchev–Trinajstić information content (AvgIpc) is 2.80. The van der Waals surface area contributed by atoms with Gasteiger partial charge < -0.3 is 20.6 Å². The number of carboxylic acids is 1. The Morgan fingerprint density at radius 2 is 1.71 bits per heavy atom. The molecule has 0 spiro atoms. The van der Waals surface area contributed by atoms with Gasteiger partial charge in [-0.05, 0) is 67.3 Å². The normalized spacial score (nSPS) is 14.6. The van der Waals surface area contributed by atoms with Crippen LogP contribution in [0.2, 0.25) is 0 Å². The quantitative estimate of drug-likeness (QED) is 0.338. The number of hydrogen-bond donors (Lipinski definition) is 3. The van der Waals surface area contributed by atoms with E-state index < -0.39 is 17.7 Å². The van der Waals surface area contributed by atoms with E-state index in [1.807, 2.05) is 17.0 Å². The lowest BCUT2D eigenvalue weighted by molar-refractivity contribution is -0.138. The summed E-state index contributed by atoms with van der Waals surface area (Å²) in [6.07, 6.45) is -3.16. The van der Waals surface area contributed by atoms with E-state index in [9.17, 15) is 22.8 Å². The monoisotopic (exact) mass is 496 g/mol. The number of unbranched alkanes of at least 4 members (excludes halogenated alkanes) is 1. The van der Waals surface area contributed by atoms with E-state index in [-0.39, 0.29) is 12.5 Å². The van der Waals surface area contributed by atoms with Crippen LogP contribution in [0.1, 0.15) is 24.8 Å². The topological polar surface area (TPSA) is 84.9 Å². The molecule has 0 aromatic heterocycles. The smallest absolute Gasteiger partial charge is 0.416 e. The number of benzene rings is 2. The molecule has 1 saturated heterocycles. The van der Waals surface area contributed by atoms with Crippen LogP contribution < -0.4 is 15.5 Å². The van der Waals surface area contributed by atoms with Crippen molar-refractivity contribution < 1.29 is 27.9 Å². The minimum Gasteiger partial charge on any atom is -0.481 e. The predicted molar refractivity (Wildman–Crippen MR) is 126 cm³/mol. The predicted octanol–water partition coefficient (Wildman–Crippen LogP) is 4.91. The fraction of sp³-hybridized carbons (Fsp3) is 0.391. The second kappa shape index (κ2) is 12.0. The fourth-order valence-corrected chi connectivity index (χ4v) is 4.34. The number of rotatable bonds is 9. The number of alkyl halides is 3. The number of nitrogens with zero attached hydrogens (tertiary/aromatic N) is 2. The fourth-order valence-electron chi connectivity index (χ4n) is 3.44. The molecule has 7 nitrogen and oxygen atoms in total. The molecule has 184 valence electrons. The summed E-state index contributed by atoms with van der Waals surface area (Å²) in [5.74, 6) is -0.847. The van der Waals surface area contributed by atoms with Crippen molar-refractivity contribution in [2.75, 3.05) is 42.9 Å². The van der Waals surface area contributed by atoms with Crippen LogP contribution in [0.3, 0.4) is 0 Å². The van der Waals surface area contributed by atoms with Gasteiger partial charge in [-0.3, -0.25) is 4.79 Å². The number of anilines is 2. The maximum Gasteiger partial charge on any atom is 0.416 e. The lowest BCUT2D eigenvalue weighted by atomic mass is 10.1. The number of hydrogen-bond acceptors (Lipinski definition) is 5. The number of piperazine rings is 1. The molecule has 1 fully saturated rings. The molecule has 11 heteroatoms. The van der Waals surface area contributed by atoms with Crippen LogP contribution in [-0.4, -0.2) is 54.1 Å². The molecule has 0 unspecified atom stereocenters. The largest absolute Gasteiger partial charge is 0.481 e. The van der Waals surface area contributed by atoms with Crippen LogP contribution in [0, 0.1) is 0 Å². The van der Waals surface area contributed by atoms with Gasteiger partial charge in [0.1, 0.15) is 0 Å². The highest BCUT2D eigenvalue weighted by atomic mass is 32.2. The third kappa shape index (κ3) is 8.14. The van der Waals surface area contributed by atoms with Gasteiger partial charge >= 0.3 is 18.2 Å². The molecular formula is C23H27F3N4O3S. The average molecular weight is 497 g/mol. The second-order valence-electron chi connectivity index (χ2n) is 7.81. The van der Waals surface area contributed by atoms with Crippen LogP contribution in [0.25, 0.3) is 0 Å². The van der Waals surface area contributed by atoms with Crippen molar-refractivity contribution in [1.29, 1.82) is 0 Å². The van der Waals surface area contributed by atoms with E-state index in [0.29, 0.717) is 56.9 Å². The first-order valence-electron chi connectivity index (χ1n) is 10.9. The Morgan fingerprint density at radius 3 is 2.35 bits per heavy atom. The van der Waals surface area contributed by atoms with Crippen LogP contribution in [0.5, 0.6) is 0 Å². The van der Waals surface area contributed by atoms with Crippen LogP contribution in [0.15, 0.2) is 53.4 Å². The summed E-state index contributed by atoms with van der Waals surface area (Å²) in [4.78, 5) is 25.3. The van der Waals surface area contributed by atoms with Gasteiger partial charge in [0.05, 0.1) is 5.56 Å². The first-order chi connectivity index (χ1) is 16.2. The first kappa shape index (κ1) is 25.7. The Kier molecular flexibility index (Phi) is 9.05. The molecule has 2 aromatic carbocycles. The Balaban J connectivity index is 1.41. The number of halogens is 3. The molecule has 0 radical (unpaired) electrons. The number of amides is 2. The van der Waals surface area contributed by atoms with E-state index >= 15 is 0 Å². The van der Waals surface area contributed by atoms with E-state index in [1.54, 1.807) is 30.1 Å². The van der Waals surface area contributed by atoms with E-state index in [0.717, 1.165) is 11.0 Å². The van der Waals surface area contributed by atoms with Crippen LogP contribution in [-0.2, 0) is 11.0 Å². The highest BCUT2D eigenvalue weighted by molar-refractivity contribution is 7.97. The highest BCUT2D eigenvalue weighted by Gasteiger charge is 2.31. The number of carboxylic acid groups (broad SMARTS) is 1. The van der Waals surface area contributed by atoms with Gasteiger partial charge in [0, 0.05) is 55.4 Å². The number of aliphatic carboxylic acids is 1. The summed E-state index contributed by atoms with van der Waals surface area (Å²) in [7, 11) is 0. The van der Waals surface area contributed by atoms with Gasteiger partial charge in [0.15, 0.2) is 0 Å². The third-order valence-electron chi connectivity index (χ3n) is 5.23. The maximum atomic E-state index is 13.0. The van der Waals surface area contributed by atoms with Gasteiger partial charge in [-0.2, -0.15) is 13.2 Å². The Labute approximate surface area is 200 Å². The molecule has 1 aliphatic heterocycles. The van der Waals surface area contributed by atoms with Crippen molar-refractivity contribution in [1.82, 2.24) is 9.62 Å². The molecule has 0 bridgehead atoms.